The number of nitrogens with one attached hydrogen (secondary N) is 2. The monoisotopic (exact) mass is 570 g/mol. The predicted octanol–water partition coefficient (Wildman–Crippen LogP) is 2.94. The first kappa shape index (κ1) is 29.8. The van der Waals surface area contributed by atoms with Gasteiger partial charge in [0.25, 0.3) is 0 Å². The van der Waals surface area contributed by atoms with Crippen LogP contribution in [0.15, 0.2) is 42.5 Å². The minimum atomic E-state index is -0.847. The van der Waals surface area contributed by atoms with Crippen molar-refractivity contribution in [2.45, 2.75) is 64.5 Å². The molecule has 2 aliphatic rings. The molecule has 2 saturated heterocycles. The van der Waals surface area contributed by atoms with Crippen LogP contribution in [0.2, 0.25) is 0 Å². The number of hydrogen-bond donors (Lipinski definition) is 3. The lowest BCUT2D eigenvalue weighted by atomic mass is 10.0. The fourth-order valence-corrected chi connectivity index (χ4v) is 4.70. The second kappa shape index (κ2) is 12.1. The van der Waals surface area contributed by atoms with Crippen LogP contribution < -0.4 is 15.5 Å². The van der Waals surface area contributed by atoms with E-state index in [4.69, 9.17) is 9.47 Å². The molecule has 0 saturated carbocycles. The number of likely N-dealkylation sites (tertiary alicyclic amines) is 1. The molecule has 3 atom stereocenters. The quantitative estimate of drug-likeness (QED) is 0.466. The van der Waals surface area contributed by atoms with E-state index in [0.717, 1.165) is 5.56 Å². The highest BCUT2D eigenvalue weighted by Crippen LogP contribution is 2.29. The molecule has 11 nitrogen and oxygen atoms in total. The van der Waals surface area contributed by atoms with E-state index in [9.17, 15) is 24.3 Å². The minimum absolute atomic E-state index is 0.0165. The second-order valence-electron chi connectivity index (χ2n) is 11.2. The number of carbonyl (C=O) groups is 4. The highest BCUT2D eigenvalue weighted by atomic mass is 19.1. The SMILES string of the molecule is CC(=O)NC[C@H]1CN(c2ccc(-c3ccc(CNC(=O)[C@@H]4C[C@@H](O)CN4C(=O)OC(C)(C)C)cc3)c(F)c2)C(=O)O1. The summed E-state index contributed by atoms with van der Waals surface area (Å²) in [5.41, 5.74) is 1.31. The fraction of sp³-hybridized carbons (Fsp3) is 0.448. The number of nitrogens with zero attached hydrogens (tertiary/aromatic N) is 2. The van der Waals surface area contributed by atoms with Crippen LogP contribution in [-0.4, -0.2) is 77.5 Å². The number of cyclic esters (lactones) is 1. The molecule has 0 bridgehead atoms. The van der Waals surface area contributed by atoms with Crippen molar-refractivity contribution < 1.29 is 38.1 Å². The number of halogens is 1. The third-order valence-corrected chi connectivity index (χ3v) is 6.66. The number of carbonyl (C=O) groups excluding carboxylic acids is 4. The summed E-state index contributed by atoms with van der Waals surface area (Å²) in [5.74, 6) is -1.16. The van der Waals surface area contributed by atoms with Crippen LogP contribution in [0.5, 0.6) is 0 Å². The number of aliphatic hydroxyl groups is 1. The topological polar surface area (TPSA) is 138 Å². The van der Waals surface area contributed by atoms with Gasteiger partial charge in [-0.3, -0.25) is 19.4 Å². The fourth-order valence-electron chi connectivity index (χ4n) is 4.70. The second-order valence-corrected chi connectivity index (χ2v) is 11.2. The number of β-amino-alcohol motifs (C(OH)–C–C–N with tert-alkyl or cyclic N) is 1. The largest absolute Gasteiger partial charge is 0.444 e. The predicted molar refractivity (Wildman–Crippen MR) is 147 cm³/mol. The molecule has 2 aromatic rings. The molecule has 2 fully saturated rings. The first-order chi connectivity index (χ1) is 19.3. The molecule has 4 rings (SSSR count). The van der Waals surface area contributed by atoms with Gasteiger partial charge in [0, 0.05) is 25.5 Å². The standard InChI is InChI=1S/C29H35FN4O7/c1-17(35)31-14-22-16-33(27(38)40-22)20-9-10-23(24(30)11-20)19-7-5-18(6-8-19)13-32-26(37)25-12-21(36)15-34(25)28(39)41-29(2,3)4/h5-11,21-22,25,36H,12-16H2,1-4H3,(H,31,35)(H,32,37)/t21-,22+,25+/m1/s1. The Hall–Kier alpha value is -4.19. The summed E-state index contributed by atoms with van der Waals surface area (Å²) in [6.07, 6.45) is -2.50. The summed E-state index contributed by atoms with van der Waals surface area (Å²) in [6.45, 7) is 7.11. The Morgan fingerprint density at radius 1 is 1.10 bits per heavy atom. The van der Waals surface area contributed by atoms with Crippen LogP contribution >= 0.6 is 0 Å². The van der Waals surface area contributed by atoms with E-state index in [1.807, 2.05) is 0 Å². The first-order valence-electron chi connectivity index (χ1n) is 13.4. The maximum atomic E-state index is 15.1. The number of benzene rings is 2. The van der Waals surface area contributed by atoms with Crippen molar-refractivity contribution in [3.63, 3.8) is 0 Å². The van der Waals surface area contributed by atoms with Crippen molar-refractivity contribution in [3.05, 3.63) is 53.8 Å². The summed E-state index contributed by atoms with van der Waals surface area (Å²) < 4.78 is 25.7. The van der Waals surface area contributed by atoms with Crippen molar-refractivity contribution in [2.75, 3.05) is 24.5 Å². The number of aliphatic hydroxyl groups excluding tert-OH is 1. The molecule has 2 aromatic carbocycles. The van der Waals surface area contributed by atoms with Gasteiger partial charge in [0.2, 0.25) is 11.8 Å². The average Bonchev–Trinajstić information content (AvgIpc) is 3.48. The maximum Gasteiger partial charge on any atom is 0.414 e. The van der Waals surface area contributed by atoms with Gasteiger partial charge in [-0.15, -0.1) is 0 Å². The Bertz CT molecular complexity index is 1310. The van der Waals surface area contributed by atoms with Crippen molar-refractivity contribution in [1.29, 1.82) is 0 Å². The van der Waals surface area contributed by atoms with E-state index in [-0.39, 0.29) is 38.5 Å². The van der Waals surface area contributed by atoms with Crippen LogP contribution in [-0.2, 0) is 25.6 Å². The lowest BCUT2D eigenvalue weighted by Crippen LogP contribution is -2.47. The van der Waals surface area contributed by atoms with Gasteiger partial charge in [-0.2, -0.15) is 0 Å². The molecule has 2 heterocycles. The lowest BCUT2D eigenvalue weighted by Gasteiger charge is -2.27. The van der Waals surface area contributed by atoms with Gasteiger partial charge in [-0.1, -0.05) is 24.3 Å². The Morgan fingerprint density at radius 2 is 1.80 bits per heavy atom. The van der Waals surface area contributed by atoms with Crippen LogP contribution in [0, 0.1) is 5.82 Å². The summed E-state index contributed by atoms with van der Waals surface area (Å²) in [6, 6.07) is 10.6. The zero-order valence-corrected chi connectivity index (χ0v) is 23.5. The minimum Gasteiger partial charge on any atom is -0.444 e. The third-order valence-electron chi connectivity index (χ3n) is 6.66. The molecule has 0 aliphatic carbocycles. The molecule has 41 heavy (non-hydrogen) atoms. The molecule has 220 valence electrons. The van der Waals surface area contributed by atoms with Gasteiger partial charge in [0.15, 0.2) is 0 Å². The van der Waals surface area contributed by atoms with E-state index >= 15 is 4.39 Å². The Morgan fingerprint density at radius 3 is 2.44 bits per heavy atom. The van der Waals surface area contributed by atoms with E-state index < -0.39 is 47.8 Å². The van der Waals surface area contributed by atoms with Crippen LogP contribution in [0.4, 0.5) is 19.7 Å². The maximum absolute atomic E-state index is 15.1. The molecule has 0 aromatic heterocycles. The van der Waals surface area contributed by atoms with E-state index in [2.05, 4.69) is 10.6 Å². The third kappa shape index (κ3) is 7.51. The number of anilines is 1. The molecule has 0 radical (unpaired) electrons. The highest BCUT2D eigenvalue weighted by molar-refractivity contribution is 5.90. The normalized spacial score (nSPS) is 20.5. The smallest absolute Gasteiger partial charge is 0.414 e. The molecule has 3 N–H and O–H groups in total. The van der Waals surface area contributed by atoms with Gasteiger partial charge in [-0.05, 0) is 50.1 Å². The van der Waals surface area contributed by atoms with Crippen molar-refractivity contribution in [1.82, 2.24) is 15.5 Å². The molecular weight excluding hydrogens is 535 g/mol. The highest BCUT2D eigenvalue weighted by Gasteiger charge is 2.40. The van der Waals surface area contributed by atoms with Crippen LogP contribution in [0.25, 0.3) is 11.1 Å². The number of hydrogen-bond acceptors (Lipinski definition) is 7. The number of amides is 4. The zero-order chi connectivity index (χ0) is 29.9. The summed E-state index contributed by atoms with van der Waals surface area (Å²) in [7, 11) is 0. The zero-order valence-electron chi connectivity index (χ0n) is 23.5. The van der Waals surface area contributed by atoms with Gasteiger partial charge in [0.05, 0.1) is 31.4 Å². The Kier molecular flexibility index (Phi) is 8.81. The van der Waals surface area contributed by atoms with E-state index in [1.165, 1.54) is 22.8 Å². The summed E-state index contributed by atoms with van der Waals surface area (Å²) in [4.78, 5) is 51.3. The molecule has 0 spiro atoms. The van der Waals surface area contributed by atoms with Gasteiger partial charge in [-0.25, -0.2) is 14.0 Å². The number of ether oxygens (including phenoxy) is 2. The van der Waals surface area contributed by atoms with Crippen molar-refractivity contribution >= 4 is 29.7 Å². The lowest BCUT2D eigenvalue weighted by molar-refractivity contribution is -0.125. The van der Waals surface area contributed by atoms with Gasteiger partial charge < -0.3 is 25.2 Å². The summed E-state index contributed by atoms with van der Waals surface area (Å²) in [5, 5.41) is 15.5. The molecule has 2 aliphatic heterocycles. The van der Waals surface area contributed by atoms with Gasteiger partial charge in [0.1, 0.15) is 23.6 Å². The van der Waals surface area contributed by atoms with Crippen LogP contribution in [0.1, 0.15) is 39.7 Å². The Balaban J connectivity index is 1.36. The molecule has 4 amide bonds. The molecular formula is C29H35FN4O7. The van der Waals surface area contributed by atoms with Crippen molar-refractivity contribution in [3.8, 4) is 11.1 Å². The van der Waals surface area contributed by atoms with E-state index in [1.54, 1.807) is 57.2 Å². The first-order valence-corrected chi connectivity index (χ1v) is 13.4. The summed E-state index contributed by atoms with van der Waals surface area (Å²) >= 11 is 0. The van der Waals surface area contributed by atoms with Gasteiger partial charge >= 0.3 is 12.2 Å². The Labute approximate surface area is 237 Å². The van der Waals surface area contributed by atoms with Crippen molar-refractivity contribution in [2.24, 2.45) is 0 Å². The van der Waals surface area contributed by atoms with E-state index in [0.29, 0.717) is 16.8 Å². The molecule has 12 heteroatoms. The molecule has 0 unspecified atom stereocenters. The number of rotatable bonds is 7. The average molecular weight is 571 g/mol. The van der Waals surface area contributed by atoms with Crippen LogP contribution in [0.3, 0.4) is 0 Å².